The van der Waals surface area contributed by atoms with Crippen LogP contribution in [-0.4, -0.2) is 50.5 Å². The van der Waals surface area contributed by atoms with E-state index in [0.29, 0.717) is 6.61 Å². The zero-order valence-corrected chi connectivity index (χ0v) is 31.4. The highest BCUT2D eigenvalue weighted by Crippen LogP contribution is 2.37. The molecule has 0 saturated carbocycles. The predicted octanol–water partition coefficient (Wildman–Crippen LogP) is 8.27. The number of nitrogens with one attached hydrogen (secondary N) is 2. The summed E-state index contributed by atoms with van der Waals surface area (Å²) in [5, 5.41) is 9.55. The summed E-state index contributed by atoms with van der Waals surface area (Å²) in [6, 6.07) is 16.5. The summed E-state index contributed by atoms with van der Waals surface area (Å²) in [5.41, 5.74) is 7.14. The molecule has 0 unspecified atom stereocenters. The van der Waals surface area contributed by atoms with Crippen LogP contribution in [0.5, 0.6) is 0 Å². The summed E-state index contributed by atoms with van der Waals surface area (Å²) in [7, 11) is -1.93. The molecule has 3 aromatic heterocycles. The van der Waals surface area contributed by atoms with Crippen LogP contribution >= 0.6 is 0 Å². The van der Waals surface area contributed by atoms with Gasteiger partial charge < -0.3 is 14.3 Å². The molecule has 8 nitrogen and oxygen atoms in total. The lowest BCUT2D eigenvalue weighted by molar-refractivity contribution is 0.272. The van der Waals surface area contributed by atoms with Crippen LogP contribution in [0.1, 0.15) is 90.7 Å². The van der Waals surface area contributed by atoms with Crippen LogP contribution < -0.4 is 10.0 Å². The summed E-state index contributed by atoms with van der Waals surface area (Å²) in [6.07, 6.45) is 6.98. The topological polar surface area (TPSA) is 100.0 Å². The van der Waals surface area contributed by atoms with Crippen LogP contribution in [0.3, 0.4) is 0 Å². The third-order valence-electron chi connectivity index (χ3n) is 9.30. The van der Waals surface area contributed by atoms with E-state index in [1.807, 2.05) is 55.9 Å². The fourth-order valence-corrected chi connectivity index (χ4v) is 7.19. The number of hydrogen-bond acceptors (Lipinski definition) is 7. The van der Waals surface area contributed by atoms with Crippen molar-refractivity contribution in [2.75, 3.05) is 13.1 Å². The number of hydrogen-bond donors (Lipinski definition) is 2. The van der Waals surface area contributed by atoms with Gasteiger partial charge in [0.2, 0.25) is 0 Å². The highest BCUT2D eigenvalue weighted by molar-refractivity contribution is 7.90. The Morgan fingerprint density at radius 3 is 2.51 bits per heavy atom. The highest BCUT2D eigenvalue weighted by atomic mass is 32.2. The zero-order valence-electron chi connectivity index (χ0n) is 29.6. The van der Waals surface area contributed by atoms with E-state index in [4.69, 9.17) is 19.5 Å². The second-order valence-corrected chi connectivity index (χ2v) is 21.8. The van der Waals surface area contributed by atoms with E-state index in [-0.39, 0.29) is 15.8 Å². The maximum Gasteiger partial charge on any atom is 0.192 e. The maximum atomic E-state index is 13.1. The van der Waals surface area contributed by atoms with E-state index in [1.54, 1.807) is 0 Å². The van der Waals surface area contributed by atoms with Crippen LogP contribution in [0.15, 0.2) is 60.8 Å². The van der Waals surface area contributed by atoms with E-state index in [9.17, 15) is 4.55 Å². The standard InChI is InChI=1S/C37H52N6O2SSi/c1-10-13-33(42-46(44)36(2,3)4)32-16-12-15-31(41-32)27-22-29(26-18-20-38-21-19-26)30-24-39-43(34(30)23-27)35-17-11-14-28(40-35)25-45-47(8,9)37(5,6)7/h11-12,14-18,22-24,33,38,42H,10,13,19-21,25H2,1-9H3/t33-,46+/m0/s1. The van der Waals surface area contributed by atoms with Gasteiger partial charge in [-0.1, -0.05) is 52.3 Å². The molecular formula is C37H52N6O2SSi. The van der Waals surface area contributed by atoms with Crippen molar-refractivity contribution in [3.8, 4) is 17.1 Å². The Morgan fingerprint density at radius 2 is 1.83 bits per heavy atom. The quantitative estimate of drug-likeness (QED) is 0.122. The largest absolute Gasteiger partial charge is 0.598 e. The summed E-state index contributed by atoms with van der Waals surface area (Å²) in [5.74, 6) is 0.761. The molecule has 0 aliphatic carbocycles. The zero-order chi connectivity index (χ0) is 34.0. The fraction of sp³-hybridized carbons (Fsp3) is 0.486. The molecule has 10 heteroatoms. The van der Waals surface area contributed by atoms with Gasteiger partial charge in [-0.25, -0.2) is 9.67 Å². The minimum atomic E-state index is -1.93. The molecule has 5 rings (SSSR count). The lowest BCUT2D eigenvalue weighted by Crippen LogP contribution is -2.41. The van der Waals surface area contributed by atoms with Gasteiger partial charge in [-0.3, -0.25) is 4.98 Å². The first kappa shape index (κ1) is 35.4. The smallest absolute Gasteiger partial charge is 0.192 e. The van der Waals surface area contributed by atoms with Gasteiger partial charge >= 0.3 is 0 Å². The summed E-state index contributed by atoms with van der Waals surface area (Å²) < 4.78 is 24.5. The van der Waals surface area contributed by atoms with Crippen molar-refractivity contribution in [1.29, 1.82) is 0 Å². The van der Waals surface area contributed by atoms with Crippen molar-refractivity contribution in [3.63, 3.8) is 0 Å². The first-order valence-corrected chi connectivity index (χ1v) is 20.9. The Labute approximate surface area is 285 Å². The monoisotopic (exact) mass is 672 g/mol. The summed E-state index contributed by atoms with van der Waals surface area (Å²) in [4.78, 5) is 10.2. The van der Waals surface area contributed by atoms with E-state index < -0.39 is 19.7 Å². The Balaban J connectivity index is 1.57. The van der Waals surface area contributed by atoms with Crippen LogP contribution in [0.4, 0.5) is 0 Å². The number of benzene rings is 1. The molecule has 47 heavy (non-hydrogen) atoms. The molecule has 0 spiro atoms. The van der Waals surface area contributed by atoms with Crippen molar-refractivity contribution < 1.29 is 8.98 Å². The third kappa shape index (κ3) is 8.24. The number of fused-ring (bicyclic) bond motifs is 1. The molecule has 0 saturated heterocycles. The van der Waals surface area contributed by atoms with Gasteiger partial charge in [-0.2, -0.15) is 5.10 Å². The lowest BCUT2D eigenvalue weighted by atomic mass is 9.94. The minimum absolute atomic E-state index is 0.110. The first-order valence-electron chi connectivity index (χ1n) is 16.9. The average molecular weight is 673 g/mol. The van der Waals surface area contributed by atoms with Gasteiger partial charge in [0.15, 0.2) is 14.1 Å². The predicted molar refractivity (Wildman–Crippen MR) is 198 cm³/mol. The van der Waals surface area contributed by atoms with E-state index in [0.717, 1.165) is 71.7 Å². The van der Waals surface area contributed by atoms with Crippen molar-refractivity contribution in [2.24, 2.45) is 0 Å². The highest BCUT2D eigenvalue weighted by Gasteiger charge is 2.37. The van der Waals surface area contributed by atoms with Gasteiger partial charge in [0.1, 0.15) is 4.75 Å². The van der Waals surface area contributed by atoms with Crippen molar-refractivity contribution in [2.45, 2.75) is 103 Å². The minimum Gasteiger partial charge on any atom is -0.598 e. The number of pyridine rings is 2. The first-order chi connectivity index (χ1) is 22.2. The number of aromatic nitrogens is 4. The lowest BCUT2D eigenvalue weighted by Gasteiger charge is -2.36. The SMILES string of the molecule is CCC[C@H](N[S@+]([O-])C(C)(C)C)c1cccc(-c2cc(C3=CCNCC3)c3cnn(-c4cccc(CO[Si](C)(C)C(C)(C)C)n4)c3c2)n1. The molecule has 1 aliphatic heterocycles. The second-order valence-electron chi connectivity index (χ2n) is 15.0. The van der Waals surface area contributed by atoms with E-state index in [2.05, 4.69) is 81.2 Å². The van der Waals surface area contributed by atoms with Crippen molar-refractivity contribution in [1.82, 2.24) is 29.8 Å². The van der Waals surface area contributed by atoms with Crippen LogP contribution in [0.25, 0.3) is 33.6 Å². The molecular weight excluding hydrogens is 621 g/mol. The van der Waals surface area contributed by atoms with Crippen LogP contribution in [0, 0.1) is 0 Å². The Morgan fingerprint density at radius 1 is 1.06 bits per heavy atom. The van der Waals surface area contributed by atoms with Gasteiger partial charge in [0.05, 0.1) is 41.4 Å². The third-order valence-corrected chi connectivity index (χ3v) is 15.4. The van der Waals surface area contributed by atoms with Gasteiger partial charge in [0, 0.05) is 28.9 Å². The molecule has 0 bridgehead atoms. The Bertz CT molecular complexity index is 1720. The number of rotatable bonds is 11. The Kier molecular flexibility index (Phi) is 10.8. The summed E-state index contributed by atoms with van der Waals surface area (Å²) in [6.45, 7) is 21.7. The molecule has 0 radical (unpaired) electrons. The van der Waals surface area contributed by atoms with E-state index in [1.165, 1.54) is 11.1 Å². The normalized spacial score (nSPS) is 15.9. The molecule has 0 amide bonds. The van der Waals surface area contributed by atoms with Crippen molar-refractivity contribution >= 4 is 36.2 Å². The maximum absolute atomic E-state index is 13.1. The van der Waals surface area contributed by atoms with Gasteiger partial charge in [-0.15, -0.1) is 4.72 Å². The molecule has 2 atom stereocenters. The second kappa shape index (κ2) is 14.3. The molecule has 4 aromatic rings. The van der Waals surface area contributed by atoms with Gasteiger partial charge in [0.25, 0.3) is 0 Å². The fourth-order valence-electron chi connectivity index (χ4n) is 5.39. The molecule has 252 valence electrons. The average Bonchev–Trinajstić information content (AvgIpc) is 3.47. The molecule has 2 N–H and O–H groups in total. The van der Waals surface area contributed by atoms with Crippen molar-refractivity contribution in [3.05, 3.63) is 77.8 Å². The van der Waals surface area contributed by atoms with Crippen LogP contribution in [0.2, 0.25) is 18.1 Å². The Hall–Kier alpha value is -2.86. The summed E-state index contributed by atoms with van der Waals surface area (Å²) >= 11 is -1.21. The van der Waals surface area contributed by atoms with Crippen LogP contribution in [-0.2, 0) is 22.4 Å². The molecule has 4 heterocycles. The molecule has 1 aromatic carbocycles. The number of nitrogens with zero attached hydrogens (tertiary/aromatic N) is 4. The van der Waals surface area contributed by atoms with E-state index >= 15 is 0 Å². The molecule has 0 fully saturated rings. The molecule has 1 aliphatic rings. The van der Waals surface area contributed by atoms with Gasteiger partial charge in [-0.05, 0) is 106 Å².